The third kappa shape index (κ3) is 5.33. The van der Waals surface area contributed by atoms with Crippen LogP contribution in [0.1, 0.15) is 31.2 Å². The normalized spacial score (nSPS) is 18.0. The van der Waals surface area contributed by atoms with Crippen LogP contribution in [0.15, 0.2) is 65.7 Å². The minimum absolute atomic E-state index is 0.0568. The Hall–Kier alpha value is -4.00. The van der Waals surface area contributed by atoms with Gasteiger partial charge in [-0.2, -0.15) is 5.10 Å². The average Bonchev–Trinajstić information content (AvgIpc) is 3.72. The molecule has 13 heteroatoms. The number of aryl methyl sites for hydroxylation is 1. The second-order valence-electron chi connectivity index (χ2n) is 10.5. The molecule has 218 valence electrons. The molecule has 3 N–H and O–H groups in total. The Kier molecular flexibility index (Phi) is 7.37. The Balaban J connectivity index is 1.34. The maximum Gasteiger partial charge on any atom is 0.323 e. The second-order valence-corrected chi connectivity index (χ2v) is 13.2. The lowest BCUT2D eigenvalue weighted by Gasteiger charge is -2.34. The van der Waals surface area contributed by atoms with Gasteiger partial charge in [0.2, 0.25) is 0 Å². The fraction of sp³-hybridized carbons (Fsp3) is 0.310. The van der Waals surface area contributed by atoms with Crippen LogP contribution in [0.2, 0.25) is 5.02 Å². The van der Waals surface area contributed by atoms with Crippen molar-refractivity contribution in [3.8, 4) is 11.4 Å². The molecule has 11 nitrogen and oxygen atoms in total. The quantitative estimate of drug-likeness (QED) is 0.261. The molecule has 0 spiro atoms. The molecule has 0 radical (unpaired) electrons. The molecule has 1 aliphatic heterocycles. The molecule has 42 heavy (non-hydrogen) atoms. The van der Waals surface area contributed by atoms with E-state index < -0.39 is 20.6 Å². The van der Waals surface area contributed by atoms with Crippen molar-refractivity contribution in [3.05, 3.63) is 77.2 Å². The molecule has 1 atom stereocenters. The molecule has 1 saturated carbocycles. The van der Waals surface area contributed by atoms with Gasteiger partial charge in [-0.1, -0.05) is 11.6 Å². The van der Waals surface area contributed by atoms with Gasteiger partial charge in [-0.3, -0.25) is 5.10 Å². The van der Waals surface area contributed by atoms with Crippen LogP contribution < -0.4 is 15.5 Å². The summed E-state index contributed by atoms with van der Waals surface area (Å²) in [6.45, 7) is 5.56. The maximum absolute atomic E-state index is 13.9. The lowest BCUT2D eigenvalue weighted by atomic mass is 10.1. The van der Waals surface area contributed by atoms with Gasteiger partial charge in [0.05, 0.1) is 41.2 Å². The number of rotatable bonds is 7. The van der Waals surface area contributed by atoms with Gasteiger partial charge < -0.3 is 20.3 Å². The van der Waals surface area contributed by atoms with Crippen LogP contribution in [0.3, 0.4) is 0 Å². The van der Waals surface area contributed by atoms with Crippen molar-refractivity contribution in [2.24, 2.45) is 0 Å². The number of hydrogen-bond acceptors (Lipinski definition) is 8. The summed E-state index contributed by atoms with van der Waals surface area (Å²) in [7, 11) is -3.76. The van der Waals surface area contributed by atoms with Gasteiger partial charge in [0.25, 0.3) is 0 Å². The van der Waals surface area contributed by atoms with E-state index in [4.69, 9.17) is 26.3 Å². The number of carbonyl (C=O) groups excluding carboxylic acids is 1. The maximum atomic E-state index is 13.9. The Labute approximate surface area is 248 Å². The van der Waals surface area contributed by atoms with Crippen molar-refractivity contribution in [2.75, 3.05) is 35.3 Å². The molecule has 2 aromatic carbocycles. The summed E-state index contributed by atoms with van der Waals surface area (Å²) >= 11 is 6.03. The fourth-order valence-electron chi connectivity index (χ4n) is 5.10. The number of aromatic nitrogens is 4. The molecule has 0 unspecified atom stereocenters. The molecular weight excluding hydrogens is 578 g/mol. The SMILES string of the molecule is Cc1n[nH]cc1NC(=O)Nc1ccc(-c2nc(N3CCOC[C@@H]3C)cc(C3(S(=O)(=O)c4ccc(Cl)cc4)CC3)n2)cc1. The zero-order valence-electron chi connectivity index (χ0n) is 23.1. The highest BCUT2D eigenvalue weighted by molar-refractivity contribution is 7.92. The average molecular weight is 608 g/mol. The lowest BCUT2D eigenvalue weighted by molar-refractivity contribution is 0.0985. The minimum Gasteiger partial charge on any atom is -0.377 e. The molecule has 1 aliphatic carbocycles. The summed E-state index contributed by atoms with van der Waals surface area (Å²) < 4.78 is 32.3. The first-order valence-electron chi connectivity index (χ1n) is 13.6. The third-order valence-corrected chi connectivity index (χ3v) is 10.5. The number of ether oxygens (including phenoxy) is 1. The van der Waals surface area contributed by atoms with Gasteiger partial charge >= 0.3 is 6.03 Å². The summed E-state index contributed by atoms with van der Waals surface area (Å²) in [4.78, 5) is 24.5. The Morgan fingerprint density at radius 1 is 1.10 bits per heavy atom. The molecule has 4 aromatic rings. The van der Waals surface area contributed by atoms with Crippen LogP contribution in [0.4, 0.5) is 22.0 Å². The lowest BCUT2D eigenvalue weighted by Crippen LogP contribution is -2.44. The number of sulfone groups is 1. The van der Waals surface area contributed by atoms with E-state index in [-0.39, 0.29) is 10.9 Å². The molecule has 2 fully saturated rings. The van der Waals surface area contributed by atoms with Gasteiger partial charge in [0.1, 0.15) is 10.6 Å². The van der Waals surface area contributed by atoms with Crippen LogP contribution in [0.25, 0.3) is 11.4 Å². The summed E-state index contributed by atoms with van der Waals surface area (Å²) in [5.41, 5.74) is 2.99. The van der Waals surface area contributed by atoms with Crippen molar-refractivity contribution >= 4 is 44.7 Å². The van der Waals surface area contributed by atoms with Crippen LogP contribution in [0.5, 0.6) is 0 Å². The minimum atomic E-state index is -3.76. The number of hydrogen-bond donors (Lipinski definition) is 3. The van der Waals surface area contributed by atoms with Gasteiger partial charge in [-0.15, -0.1) is 0 Å². The van der Waals surface area contributed by atoms with Crippen LogP contribution in [0, 0.1) is 6.92 Å². The second kappa shape index (κ2) is 11.0. The molecular formula is C29H30ClN7O4S. The van der Waals surface area contributed by atoms with E-state index in [0.29, 0.717) is 77.6 Å². The smallest absolute Gasteiger partial charge is 0.323 e. The molecule has 2 aromatic heterocycles. The van der Waals surface area contributed by atoms with E-state index in [9.17, 15) is 13.2 Å². The molecule has 3 heterocycles. The third-order valence-electron chi connectivity index (χ3n) is 7.66. The Morgan fingerprint density at radius 2 is 1.83 bits per heavy atom. The largest absolute Gasteiger partial charge is 0.377 e. The first-order chi connectivity index (χ1) is 20.2. The number of benzene rings is 2. The zero-order valence-corrected chi connectivity index (χ0v) is 24.7. The molecule has 2 amide bonds. The summed E-state index contributed by atoms with van der Waals surface area (Å²) in [5, 5.41) is 12.7. The van der Waals surface area contributed by atoms with E-state index in [1.165, 1.54) is 0 Å². The number of carbonyl (C=O) groups is 1. The van der Waals surface area contributed by atoms with Crippen LogP contribution >= 0.6 is 11.6 Å². The van der Waals surface area contributed by atoms with E-state index >= 15 is 0 Å². The number of amides is 2. The van der Waals surface area contributed by atoms with Gasteiger partial charge in [0.15, 0.2) is 15.7 Å². The number of nitrogens with zero attached hydrogens (tertiary/aromatic N) is 4. The molecule has 1 saturated heterocycles. The Morgan fingerprint density at radius 3 is 2.48 bits per heavy atom. The van der Waals surface area contributed by atoms with E-state index in [1.807, 2.05) is 6.07 Å². The molecule has 6 rings (SSSR count). The number of urea groups is 1. The highest BCUT2D eigenvalue weighted by Gasteiger charge is 2.58. The van der Waals surface area contributed by atoms with Crippen molar-refractivity contribution in [1.29, 1.82) is 0 Å². The monoisotopic (exact) mass is 607 g/mol. The van der Waals surface area contributed by atoms with E-state index in [2.05, 4.69) is 32.7 Å². The van der Waals surface area contributed by atoms with Crippen molar-refractivity contribution in [1.82, 2.24) is 20.2 Å². The summed E-state index contributed by atoms with van der Waals surface area (Å²) in [6.07, 6.45) is 2.52. The van der Waals surface area contributed by atoms with Crippen molar-refractivity contribution < 1.29 is 17.9 Å². The zero-order chi connectivity index (χ0) is 29.5. The number of H-pyrrole nitrogens is 1. The van der Waals surface area contributed by atoms with Gasteiger partial charge in [0, 0.05) is 35.1 Å². The molecule has 0 bridgehead atoms. The fourth-order valence-corrected chi connectivity index (χ4v) is 7.19. The highest BCUT2D eigenvalue weighted by Crippen LogP contribution is 2.55. The number of morpholine rings is 1. The number of anilines is 3. The van der Waals surface area contributed by atoms with E-state index in [0.717, 1.165) is 0 Å². The van der Waals surface area contributed by atoms with Crippen LogP contribution in [-0.4, -0.2) is 60.4 Å². The highest BCUT2D eigenvalue weighted by atomic mass is 35.5. The molecule has 2 aliphatic rings. The first kappa shape index (κ1) is 28.1. The van der Waals surface area contributed by atoms with Gasteiger partial charge in [-0.25, -0.2) is 23.2 Å². The van der Waals surface area contributed by atoms with Gasteiger partial charge in [-0.05, 0) is 75.2 Å². The van der Waals surface area contributed by atoms with Crippen molar-refractivity contribution in [3.63, 3.8) is 0 Å². The Bertz CT molecular complexity index is 1720. The van der Waals surface area contributed by atoms with Crippen molar-refractivity contribution in [2.45, 2.75) is 42.4 Å². The topological polar surface area (TPSA) is 142 Å². The summed E-state index contributed by atoms with van der Waals surface area (Å²) in [5.74, 6) is 1.06. The van der Waals surface area contributed by atoms with E-state index in [1.54, 1.807) is 61.7 Å². The summed E-state index contributed by atoms with van der Waals surface area (Å²) in [6, 6.07) is 14.8. The predicted molar refractivity (Wildman–Crippen MR) is 161 cm³/mol. The predicted octanol–water partition coefficient (Wildman–Crippen LogP) is 5.16. The van der Waals surface area contributed by atoms with Crippen LogP contribution in [-0.2, 0) is 19.3 Å². The number of halogens is 1. The standard InChI is InChI=1S/C29H30ClN7O4S/c1-18-17-41-14-13-37(18)26-15-25(29(11-12-29)42(39,40)23-9-5-21(30)6-10-23)34-27(35-26)20-3-7-22(8-4-20)32-28(38)33-24-16-31-36-19(24)2/h3-10,15-16,18H,11-14,17H2,1-2H3,(H,31,36)(H2,32,33,38)/t18-/m0/s1. The number of nitrogens with one attached hydrogen (secondary N) is 3. The number of aromatic amines is 1. The first-order valence-corrected chi connectivity index (χ1v) is 15.5.